The van der Waals surface area contributed by atoms with Crippen molar-refractivity contribution in [3.05, 3.63) is 65.2 Å². The minimum absolute atomic E-state index is 0.0744. The van der Waals surface area contributed by atoms with Crippen LogP contribution in [0.15, 0.2) is 48.5 Å². The number of ether oxygens (including phenoxy) is 3. The number of hydrogen-bond acceptors (Lipinski definition) is 11. The van der Waals surface area contributed by atoms with Crippen LogP contribution in [0.1, 0.15) is 48.8 Å². The van der Waals surface area contributed by atoms with Gasteiger partial charge in [-0.3, -0.25) is 19.2 Å². The monoisotopic (exact) mass is 697 g/mol. The van der Waals surface area contributed by atoms with Gasteiger partial charge in [0, 0.05) is 54.9 Å². The highest BCUT2D eigenvalue weighted by molar-refractivity contribution is 8.76. The number of hydroxylamine groups is 2. The summed E-state index contributed by atoms with van der Waals surface area (Å²) in [5.41, 5.74) is 3.37. The summed E-state index contributed by atoms with van der Waals surface area (Å²) in [4.78, 5) is 66.8. The summed E-state index contributed by atoms with van der Waals surface area (Å²) in [6, 6.07) is 15.3. The van der Waals surface area contributed by atoms with Gasteiger partial charge in [-0.2, -0.15) is 0 Å². The zero-order valence-corrected chi connectivity index (χ0v) is 28.2. The fourth-order valence-corrected chi connectivity index (χ4v) is 6.43. The van der Waals surface area contributed by atoms with Gasteiger partial charge in [0.05, 0.1) is 58.3 Å². The van der Waals surface area contributed by atoms with E-state index in [4.69, 9.17) is 19.0 Å². The van der Waals surface area contributed by atoms with Crippen molar-refractivity contribution in [2.24, 2.45) is 0 Å². The van der Waals surface area contributed by atoms with Gasteiger partial charge in [0.15, 0.2) is 0 Å². The third-order valence-corrected chi connectivity index (χ3v) is 9.41. The molecule has 0 aliphatic carbocycles. The second-order valence-corrected chi connectivity index (χ2v) is 13.2. The molecule has 0 radical (unpaired) electrons. The maximum absolute atomic E-state index is 13.3. The Morgan fingerprint density at radius 1 is 0.729 bits per heavy atom. The van der Waals surface area contributed by atoms with Crippen molar-refractivity contribution in [2.45, 2.75) is 38.6 Å². The number of benzene rings is 2. The largest absolute Gasteiger partial charge is 0.378 e. The molecule has 0 spiro atoms. The van der Waals surface area contributed by atoms with Crippen molar-refractivity contribution in [2.75, 3.05) is 62.6 Å². The molecular weight excluding hydrogens is 659 g/mol. The molecule has 2 aliphatic rings. The van der Waals surface area contributed by atoms with Crippen molar-refractivity contribution in [1.82, 2.24) is 10.4 Å². The number of nitrogens with one attached hydrogen (secondary N) is 1. The molecule has 0 bridgehead atoms. The minimum Gasteiger partial charge on any atom is -0.378 e. The number of nitrogens with zero attached hydrogens (tertiary/aromatic N) is 2. The lowest BCUT2D eigenvalue weighted by Gasteiger charge is -2.26. The van der Waals surface area contributed by atoms with Crippen molar-refractivity contribution < 1.29 is 43.0 Å². The van der Waals surface area contributed by atoms with Crippen molar-refractivity contribution >= 4 is 56.9 Å². The Morgan fingerprint density at radius 3 is 2.12 bits per heavy atom. The Kier molecular flexibility index (Phi) is 15.8. The van der Waals surface area contributed by atoms with E-state index in [2.05, 4.69) is 17.2 Å². The number of carbonyl (C=O) groups excluding carboxylic acids is 5. The Bertz CT molecular complexity index is 1480. The first-order valence-corrected chi connectivity index (χ1v) is 18.2. The van der Waals surface area contributed by atoms with E-state index < -0.39 is 17.8 Å². The molecule has 0 unspecified atom stereocenters. The van der Waals surface area contributed by atoms with Crippen LogP contribution < -0.4 is 10.2 Å². The Balaban J connectivity index is 0.956. The molecule has 0 atom stereocenters. The van der Waals surface area contributed by atoms with E-state index in [0.29, 0.717) is 63.5 Å². The van der Waals surface area contributed by atoms with Gasteiger partial charge < -0.3 is 29.3 Å². The number of anilines is 1. The smallest absolute Gasteiger partial charge is 0.334 e. The maximum Gasteiger partial charge on any atom is 0.334 e. The molecule has 256 valence electrons. The van der Waals surface area contributed by atoms with Gasteiger partial charge in [-0.15, -0.1) is 5.06 Å². The van der Waals surface area contributed by atoms with Gasteiger partial charge in [-0.05, 0) is 23.8 Å². The predicted molar refractivity (Wildman–Crippen MR) is 181 cm³/mol. The van der Waals surface area contributed by atoms with E-state index in [-0.39, 0.29) is 43.9 Å². The zero-order chi connectivity index (χ0) is 34.0. The molecule has 0 aromatic heterocycles. The lowest BCUT2D eigenvalue weighted by Crippen LogP contribution is -2.34. The van der Waals surface area contributed by atoms with Crippen LogP contribution in [0.25, 0.3) is 0 Å². The molecule has 0 saturated carbocycles. The fourth-order valence-electron chi connectivity index (χ4n) is 4.60. The highest BCUT2D eigenvalue weighted by Gasteiger charge is 2.32. The second kappa shape index (κ2) is 20.5. The molecule has 12 nitrogen and oxygen atoms in total. The maximum atomic E-state index is 13.3. The molecule has 1 saturated heterocycles. The zero-order valence-electron chi connectivity index (χ0n) is 26.6. The lowest BCUT2D eigenvalue weighted by atomic mass is 10.0. The Hall–Kier alpha value is -3.87. The van der Waals surface area contributed by atoms with Gasteiger partial charge in [-0.1, -0.05) is 63.8 Å². The number of rotatable bonds is 20. The number of fused-ring (bicyclic) bond motifs is 2. The van der Waals surface area contributed by atoms with Crippen molar-refractivity contribution in [1.29, 1.82) is 0 Å². The Morgan fingerprint density at radius 2 is 1.35 bits per heavy atom. The topological polar surface area (TPSA) is 141 Å². The van der Waals surface area contributed by atoms with E-state index in [9.17, 15) is 24.0 Å². The number of carbonyl (C=O) groups is 5. The molecule has 48 heavy (non-hydrogen) atoms. The summed E-state index contributed by atoms with van der Waals surface area (Å²) in [6.45, 7) is 3.21. The molecule has 2 aromatic rings. The third-order valence-electron chi connectivity index (χ3n) is 7.03. The van der Waals surface area contributed by atoms with Gasteiger partial charge in [0.1, 0.15) is 0 Å². The predicted octanol–water partition coefficient (Wildman–Crippen LogP) is 3.26. The minimum atomic E-state index is -0.605. The molecule has 1 fully saturated rings. The van der Waals surface area contributed by atoms with Gasteiger partial charge in [0.2, 0.25) is 11.8 Å². The SMILES string of the molecule is O=C(CCC(=O)N1Cc2ccccc2C#Cc2ccccc21)NCCOCCOCCOCCSSCCC(=O)ON1C(=O)CCC1=O. The van der Waals surface area contributed by atoms with Crippen LogP contribution in [0, 0.1) is 11.8 Å². The van der Waals surface area contributed by atoms with Crippen LogP contribution in [-0.2, 0) is 49.6 Å². The first-order chi connectivity index (χ1) is 23.4. The third kappa shape index (κ3) is 12.3. The van der Waals surface area contributed by atoms with E-state index in [1.165, 1.54) is 10.8 Å². The summed E-state index contributed by atoms with van der Waals surface area (Å²) in [6.07, 6.45) is 0.402. The highest BCUT2D eigenvalue weighted by Crippen LogP contribution is 2.26. The van der Waals surface area contributed by atoms with E-state index in [1.807, 2.05) is 48.5 Å². The Labute approximate surface area is 287 Å². The number of para-hydroxylation sites is 1. The van der Waals surface area contributed by atoms with Crippen LogP contribution in [-0.4, -0.2) is 92.4 Å². The number of hydrogen-bond donors (Lipinski definition) is 1. The molecule has 2 heterocycles. The van der Waals surface area contributed by atoms with Crippen molar-refractivity contribution in [3.63, 3.8) is 0 Å². The van der Waals surface area contributed by atoms with Gasteiger partial charge in [0.25, 0.3) is 11.8 Å². The molecule has 4 amide bonds. The standard InChI is InChI=1S/C34H39N3O9S2/c38-30(11-12-31(39)36-25-28-7-2-1-5-26(28)9-10-27-6-3-4-8-29(27)36)35-16-17-43-18-19-44-20-21-45-22-24-48-47-23-15-34(42)46-37-32(40)13-14-33(37)41/h1-8H,11-25H2,(H,35,38). The molecule has 14 heteroatoms. The summed E-state index contributed by atoms with van der Waals surface area (Å²) in [7, 11) is 3.03. The van der Waals surface area contributed by atoms with E-state index >= 15 is 0 Å². The quantitative estimate of drug-likeness (QED) is 0.0944. The van der Waals surface area contributed by atoms with Crippen LogP contribution in [0.5, 0.6) is 0 Å². The summed E-state index contributed by atoms with van der Waals surface area (Å²) in [5.74, 6) is 5.67. The van der Waals surface area contributed by atoms with Crippen molar-refractivity contribution in [3.8, 4) is 11.8 Å². The van der Waals surface area contributed by atoms with E-state index in [0.717, 1.165) is 28.1 Å². The molecule has 4 rings (SSSR count). The second-order valence-electron chi connectivity index (χ2n) is 10.5. The average Bonchev–Trinajstić information content (AvgIpc) is 3.40. The summed E-state index contributed by atoms with van der Waals surface area (Å²) in [5, 5.41) is 3.35. The summed E-state index contributed by atoms with van der Waals surface area (Å²) < 4.78 is 16.5. The molecule has 1 N–H and O–H groups in total. The first-order valence-electron chi connectivity index (χ1n) is 15.7. The lowest BCUT2D eigenvalue weighted by molar-refractivity contribution is -0.197. The van der Waals surface area contributed by atoms with Crippen LogP contribution in [0.2, 0.25) is 0 Å². The van der Waals surface area contributed by atoms with Crippen LogP contribution in [0.3, 0.4) is 0 Å². The number of amides is 4. The van der Waals surface area contributed by atoms with Gasteiger partial charge in [-0.25, -0.2) is 4.79 Å². The molecular formula is C34H39N3O9S2. The van der Waals surface area contributed by atoms with Crippen LogP contribution in [0.4, 0.5) is 5.69 Å². The molecule has 2 aliphatic heterocycles. The average molecular weight is 698 g/mol. The normalized spacial score (nSPS) is 13.6. The highest BCUT2D eigenvalue weighted by atomic mass is 33.1. The van der Waals surface area contributed by atoms with Crippen LogP contribution >= 0.6 is 21.6 Å². The first kappa shape index (κ1) is 37.0. The number of imide groups is 1. The fraction of sp³-hybridized carbons (Fsp3) is 0.441. The summed E-state index contributed by atoms with van der Waals surface area (Å²) >= 11 is 0. The molecule has 2 aromatic carbocycles. The van der Waals surface area contributed by atoms with Gasteiger partial charge >= 0.3 is 5.97 Å². The van der Waals surface area contributed by atoms with E-state index in [1.54, 1.807) is 15.7 Å².